The summed E-state index contributed by atoms with van der Waals surface area (Å²) in [6, 6.07) is 5.91. The summed E-state index contributed by atoms with van der Waals surface area (Å²) < 4.78 is 32.0. The van der Waals surface area contributed by atoms with Gasteiger partial charge in [-0.2, -0.15) is 13.9 Å². The second kappa shape index (κ2) is 8.96. The number of rotatable bonds is 6. The fourth-order valence-corrected chi connectivity index (χ4v) is 3.21. The van der Waals surface area contributed by atoms with Crippen LogP contribution in [0.2, 0.25) is 0 Å². The number of halogens is 2. The third-order valence-corrected chi connectivity index (χ3v) is 4.53. The van der Waals surface area contributed by atoms with Gasteiger partial charge in [-0.1, -0.05) is 17.8 Å². The number of amides is 2. The van der Waals surface area contributed by atoms with Crippen LogP contribution in [0, 0.1) is 0 Å². The minimum Gasteiger partial charge on any atom is -0.376 e. The van der Waals surface area contributed by atoms with Crippen molar-refractivity contribution in [2.75, 3.05) is 17.2 Å². The summed E-state index contributed by atoms with van der Waals surface area (Å²) in [5.41, 5.74) is 0.644. The van der Waals surface area contributed by atoms with E-state index in [1.807, 2.05) is 0 Å². The van der Waals surface area contributed by atoms with E-state index in [0.717, 1.165) is 19.4 Å². The first kappa shape index (κ1) is 19.3. The van der Waals surface area contributed by atoms with E-state index in [9.17, 15) is 18.4 Å². The van der Waals surface area contributed by atoms with Crippen molar-refractivity contribution in [3.63, 3.8) is 0 Å². The number of alkyl halides is 2. The van der Waals surface area contributed by atoms with Crippen molar-refractivity contribution in [2.45, 2.75) is 36.1 Å². The van der Waals surface area contributed by atoms with Crippen molar-refractivity contribution in [1.29, 1.82) is 0 Å². The van der Waals surface area contributed by atoms with E-state index in [-0.39, 0.29) is 11.8 Å². The molecule has 1 atom stereocenters. The molecular weight excluding hydrogens is 378 g/mol. The monoisotopic (exact) mass is 396 g/mol. The smallest absolute Gasteiger partial charge is 0.314 e. The van der Waals surface area contributed by atoms with E-state index >= 15 is 0 Å². The highest BCUT2D eigenvalue weighted by molar-refractivity contribution is 7.99. The first-order chi connectivity index (χ1) is 13.0. The number of ether oxygens (including phenoxy) is 1. The first-order valence-corrected chi connectivity index (χ1v) is 9.19. The third kappa shape index (κ3) is 5.76. The number of carbonyl (C=O) groups is 2. The van der Waals surface area contributed by atoms with E-state index in [1.165, 1.54) is 30.5 Å². The van der Waals surface area contributed by atoms with Gasteiger partial charge in [-0.05, 0) is 31.0 Å². The van der Waals surface area contributed by atoms with Crippen LogP contribution in [0.4, 0.5) is 20.2 Å². The maximum atomic E-state index is 12.4. The lowest BCUT2D eigenvalue weighted by atomic mass is 10.2. The average molecular weight is 396 g/mol. The van der Waals surface area contributed by atoms with Crippen LogP contribution in [0.25, 0.3) is 0 Å². The summed E-state index contributed by atoms with van der Waals surface area (Å²) in [5.74, 6) is -4.34. The lowest BCUT2D eigenvalue weighted by molar-refractivity contribution is -0.133. The van der Waals surface area contributed by atoms with E-state index in [4.69, 9.17) is 4.74 Å². The highest BCUT2D eigenvalue weighted by atomic mass is 32.2. The van der Waals surface area contributed by atoms with Crippen LogP contribution in [0.3, 0.4) is 0 Å². The van der Waals surface area contributed by atoms with Crippen molar-refractivity contribution in [3.05, 3.63) is 36.7 Å². The second-order valence-electron chi connectivity index (χ2n) is 5.90. The topological polar surface area (TPSA) is 85.3 Å². The maximum absolute atomic E-state index is 12.4. The van der Waals surface area contributed by atoms with Gasteiger partial charge in [0.1, 0.15) is 0 Å². The molecule has 1 aliphatic heterocycles. The Morgan fingerprint density at radius 3 is 2.78 bits per heavy atom. The molecule has 0 bridgehead atoms. The van der Waals surface area contributed by atoms with Crippen molar-refractivity contribution in [3.8, 4) is 0 Å². The maximum Gasteiger partial charge on any atom is 0.314 e. The Hall–Kier alpha value is -2.46. The summed E-state index contributed by atoms with van der Waals surface area (Å²) in [4.78, 5) is 24.3. The van der Waals surface area contributed by atoms with Gasteiger partial charge in [0.05, 0.1) is 24.5 Å². The number of thioether (sulfide) groups is 1. The van der Waals surface area contributed by atoms with Crippen molar-refractivity contribution in [1.82, 2.24) is 9.78 Å². The van der Waals surface area contributed by atoms with E-state index < -0.39 is 17.6 Å². The normalized spacial score (nSPS) is 16.5. The molecule has 2 amide bonds. The molecule has 1 aromatic heterocycles. The van der Waals surface area contributed by atoms with Crippen molar-refractivity contribution >= 4 is 35.0 Å². The molecule has 144 valence electrons. The van der Waals surface area contributed by atoms with Crippen LogP contribution >= 0.6 is 11.8 Å². The molecule has 7 nitrogen and oxygen atoms in total. The fourth-order valence-electron chi connectivity index (χ4n) is 2.65. The number of nitrogens with zero attached hydrogens (tertiary/aromatic N) is 2. The molecule has 0 saturated carbocycles. The molecule has 0 spiro atoms. The molecule has 27 heavy (non-hydrogen) atoms. The quantitative estimate of drug-likeness (QED) is 0.579. The predicted octanol–water partition coefficient (Wildman–Crippen LogP) is 2.95. The molecular formula is C17H18F2N4O3S. The lowest BCUT2D eigenvalue weighted by Crippen LogP contribution is -2.28. The number of hydrogen-bond donors (Lipinski definition) is 2. The van der Waals surface area contributed by atoms with Gasteiger partial charge in [0.15, 0.2) is 0 Å². The molecule has 2 aromatic rings. The third-order valence-electron chi connectivity index (χ3n) is 3.83. The van der Waals surface area contributed by atoms with E-state index in [0.29, 0.717) is 28.9 Å². The number of hydrogen-bond acceptors (Lipinski definition) is 5. The Balaban J connectivity index is 1.53. The van der Waals surface area contributed by atoms with Crippen LogP contribution < -0.4 is 10.6 Å². The zero-order valence-electron chi connectivity index (χ0n) is 14.2. The Morgan fingerprint density at radius 2 is 2.07 bits per heavy atom. The minimum atomic E-state index is -2.56. The Bertz CT molecular complexity index is 809. The van der Waals surface area contributed by atoms with Crippen LogP contribution in [-0.2, 0) is 20.9 Å². The summed E-state index contributed by atoms with van der Waals surface area (Å²) in [6.45, 7) is 1.32. The molecule has 1 aliphatic rings. The molecule has 10 heteroatoms. The minimum absolute atomic E-state index is 0.107. The van der Waals surface area contributed by atoms with Crippen molar-refractivity contribution in [2.24, 2.45) is 0 Å². The SMILES string of the molecule is O=C(Nc1cccc(SC(F)F)c1)C(=O)Nc1cnn(C[C@@H]2CCCO2)c1. The Morgan fingerprint density at radius 1 is 1.30 bits per heavy atom. The zero-order chi connectivity index (χ0) is 19.2. The van der Waals surface area contributed by atoms with E-state index in [2.05, 4.69) is 15.7 Å². The number of nitrogens with one attached hydrogen (secondary N) is 2. The van der Waals surface area contributed by atoms with Crippen LogP contribution in [-0.4, -0.2) is 40.1 Å². The van der Waals surface area contributed by atoms with E-state index in [1.54, 1.807) is 10.9 Å². The number of aromatic nitrogens is 2. The molecule has 2 N–H and O–H groups in total. The Labute approximate surface area is 158 Å². The van der Waals surface area contributed by atoms with Gasteiger partial charge in [0.25, 0.3) is 5.76 Å². The number of anilines is 2. The van der Waals surface area contributed by atoms with Gasteiger partial charge < -0.3 is 15.4 Å². The number of benzene rings is 1. The summed E-state index contributed by atoms with van der Waals surface area (Å²) in [6.07, 6.45) is 5.15. The fraction of sp³-hybridized carbons (Fsp3) is 0.353. The molecule has 3 rings (SSSR count). The molecule has 1 aromatic carbocycles. The molecule has 0 radical (unpaired) electrons. The summed E-state index contributed by atoms with van der Waals surface area (Å²) >= 11 is 0.360. The number of carbonyl (C=O) groups excluding carboxylic acids is 2. The van der Waals surface area contributed by atoms with Gasteiger partial charge in [0.2, 0.25) is 0 Å². The van der Waals surface area contributed by atoms with Crippen LogP contribution in [0.1, 0.15) is 12.8 Å². The van der Waals surface area contributed by atoms with Crippen molar-refractivity contribution < 1.29 is 23.1 Å². The molecule has 0 unspecified atom stereocenters. The highest BCUT2D eigenvalue weighted by Gasteiger charge is 2.18. The van der Waals surface area contributed by atoms with Crippen LogP contribution in [0.5, 0.6) is 0 Å². The average Bonchev–Trinajstić information content (AvgIpc) is 3.27. The Kier molecular flexibility index (Phi) is 6.40. The van der Waals surface area contributed by atoms with Gasteiger partial charge in [-0.3, -0.25) is 14.3 Å². The van der Waals surface area contributed by atoms with Gasteiger partial charge in [-0.25, -0.2) is 0 Å². The lowest BCUT2D eigenvalue weighted by Gasteiger charge is -2.08. The molecule has 0 aliphatic carbocycles. The second-order valence-corrected chi connectivity index (χ2v) is 6.96. The largest absolute Gasteiger partial charge is 0.376 e. The first-order valence-electron chi connectivity index (χ1n) is 8.31. The predicted molar refractivity (Wildman–Crippen MR) is 96.8 cm³/mol. The van der Waals surface area contributed by atoms with Gasteiger partial charge in [-0.15, -0.1) is 0 Å². The molecule has 1 fully saturated rings. The highest BCUT2D eigenvalue weighted by Crippen LogP contribution is 2.27. The standard InChI is InChI=1S/C17H18F2N4O3S/c18-17(19)27-14-5-1-3-11(7-14)21-15(24)16(25)22-12-8-20-23(9-12)10-13-4-2-6-26-13/h1,3,5,7-9,13,17H,2,4,6,10H2,(H,21,24)(H,22,25)/t13-/m0/s1. The summed E-state index contributed by atoms with van der Waals surface area (Å²) in [7, 11) is 0. The zero-order valence-corrected chi connectivity index (χ0v) is 15.0. The molecule has 2 heterocycles. The van der Waals surface area contributed by atoms with Gasteiger partial charge in [0, 0.05) is 23.4 Å². The molecule has 1 saturated heterocycles. The summed E-state index contributed by atoms with van der Waals surface area (Å²) in [5, 5.41) is 8.97. The van der Waals surface area contributed by atoms with Gasteiger partial charge >= 0.3 is 11.8 Å². The van der Waals surface area contributed by atoms with Crippen LogP contribution in [0.15, 0.2) is 41.6 Å².